The SMILES string of the molecule is CC(C)N(C)Cc1ccccc1CNc1ccc([N+](=O)[O-])cc1. The van der Waals surface area contributed by atoms with E-state index in [0.29, 0.717) is 12.6 Å². The van der Waals surface area contributed by atoms with Gasteiger partial charge in [0, 0.05) is 37.0 Å². The maximum Gasteiger partial charge on any atom is 0.269 e. The summed E-state index contributed by atoms with van der Waals surface area (Å²) >= 11 is 0. The minimum absolute atomic E-state index is 0.106. The molecule has 1 N–H and O–H groups in total. The number of nitro groups is 1. The number of hydrogen-bond acceptors (Lipinski definition) is 4. The molecule has 2 aromatic carbocycles. The summed E-state index contributed by atoms with van der Waals surface area (Å²) in [4.78, 5) is 12.6. The lowest BCUT2D eigenvalue weighted by Crippen LogP contribution is -2.26. The summed E-state index contributed by atoms with van der Waals surface area (Å²) < 4.78 is 0. The normalized spacial score (nSPS) is 11.0. The Kier molecular flexibility index (Phi) is 5.71. The Labute approximate surface area is 137 Å². The van der Waals surface area contributed by atoms with E-state index in [1.165, 1.54) is 23.3 Å². The summed E-state index contributed by atoms with van der Waals surface area (Å²) in [6, 6.07) is 15.3. The Morgan fingerprint density at radius 2 is 1.70 bits per heavy atom. The third-order valence-corrected chi connectivity index (χ3v) is 3.98. The summed E-state index contributed by atoms with van der Waals surface area (Å²) in [6.45, 7) is 5.95. The highest BCUT2D eigenvalue weighted by atomic mass is 16.6. The summed E-state index contributed by atoms with van der Waals surface area (Å²) in [5.41, 5.74) is 3.51. The van der Waals surface area contributed by atoms with E-state index in [9.17, 15) is 10.1 Å². The second kappa shape index (κ2) is 7.74. The zero-order valence-corrected chi connectivity index (χ0v) is 13.8. The number of nitrogens with zero attached hydrogens (tertiary/aromatic N) is 2. The predicted octanol–water partition coefficient (Wildman–Crippen LogP) is 4.05. The third-order valence-electron chi connectivity index (χ3n) is 3.98. The van der Waals surface area contributed by atoms with Gasteiger partial charge in [-0.3, -0.25) is 15.0 Å². The molecule has 0 aromatic heterocycles. The van der Waals surface area contributed by atoms with Crippen molar-refractivity contribution in [3.63, 3.8) is 0 Å². The van der Waals surface area contributed by atoms with Crippen molar-refractivity contribution < 1.29 is 4.92 Å². The molecule has 0 amide bonds. The van der Waals surface area contributed by atoms with Crippen LogP contribution in [0.1, 0.15) is 25.0 Å². The number of nitrogens with one attached hydrogen (secondary N) is 1. The van der Waals surface area contributed by atoms with E-state index in [2.05, 4.69) is 49.3 Å². The second-order valence-corrected chi connectivity index (χ2v) is 5.94. The Morgan fingerprint density at radius 1 is 1.09 bits per heavy atom. The van der Waals surface area contributed by atoms with Crippen LogP contribution in [0.15, 0.2) is 48.5 Å². The van der Waals surface area contributed by atoms with Gasteiger partial charge in [0.2, 0.25) is 0 Å². The zero-order valence-electron chi connectivity index (χ0n) is 13.8. The van der Waals surface area contributed by atoms with Crippen LogP contribution in [0.2, 0.25) is 0 Å². The lowest BCUT2D eigenvalue weighted by atomic mass is 10.1. The van der Waals surface area contributed by atoms with E-state index in [1.807, 2.05) is 6.07 Å². The predicted molar refractivity (Wildman–Crippen MR) is 93.5 cm³/mol. The monoisotopic (exact) mass is 313 g/mol. The highest BCUT2D eigenvalue weighted by molar-refractivity contribution is 5.49. The quantitative estimate of drug-likeness (QED) is 0.619. The largest absolute Gasteiger partial charge is 0.381 e. The Balaban J connectivity index is 2.04. The highest BCUT2D eigenvalue weighted by Gasteiger charge is 2.08. The van der Waals surface area contributed by atoms with Crippen LogP contribution in [-0.4, -0.2) is 22.9 Å². The Hall–Kier alpha value is -2.40. The molecule has 0 aliphatic rings. The van der Waals surface area contributed by atoms with Crippen LogP contribution in [0.4, 0.5) is 11.4 Å². The third kappa shape index (κ3) is 4.79. The van der Waals surface area contributed by atoms with Crippen molar-refractivity contribution in [2.45, 2.75) is 33.0 Å². The fraction of sp³-hybridized carbons (Fsp3) is 0.333. The molecule has 0 unspecified atom stereocenters. The molecular formula is C18H23N3O2. The number of anilines is 1. The van der Waals surface area contributed by atoms with Crippen molar-refractivity contribution in [2.24, 2.45) is 0 Å². The van der Waals surface area contributed by atoms with E-state index in [-0.39, 0.29) is 10.6 Å². The molecule has 0 spiro atoms. The number of nitro benzene ring substituents is 1. The maximum absolute atomic E-state index is 10.7. The average molecular weight is 313 g/mol. The second-order valence-electron chi connectivity index (χ2n) is 5.94. The number of non-ortho nitro benzene ring substituents is 1. The van der Waals surface area contributed by atoms with Crippen LogP contribution in [0.25, 0.3) is 0 Å². The number of rotatable bonds is 7. The van der Waals surface area contributed by atoms with Crippen LogP contribution in [-0.2, 0) is 13.1 Å². The molecule has 0 aliphatic carbocycles. The van der Waals surface area contributed by atoms with Crippen LogP contribution >= 0.6 is 0 Å². The fourth-order valence-corrected chi connectivity index (χ4v) is 2.23. The van der Waals surface area contributed by atoms with Crippen molar-refractivity contribution in [3.8, 4) is 0 Å². The van der Waals surface area contributed by atoms with Gasteiger partial charge in [0.25, 0.3) is 5.69 Å². The average Bonchev–Trinajstić information content (AvgIpc) is 2.54. The fourth-order valence-electron chi connectivity index (χ4n) is 2.23. The van der Waals surface area contributed by atoms with Crippen LogP contribution < -0.4 is 5.32 Å². The molecule has 0 saturated carbocycles. The molecule has 5 heteroatoms. The van der Waals surface area contributed by atoms with E-state index >= 15 is 0 Å². The Morgan fingerprint density at radius 3 is 2.26 bits per heavy atom. The lowest BCUT2D eigenvalue weighted by molar-refractivity contribution is -0.384. The summed E-state index contributed by atoms with van der Waals surface area (Å²) in [5, 5.41) is 14.0. The first-order valence-corrected chi connectivity index (χ1v) is 7.72. The molecule has 0 radical (unpaired) electrons. The molecule has 0 fully saturated rings. The molecule has 0 heterocycles. The molecule has 0 saturated heterocycles. The van der Waals surface area contributed by atoms with Crippen LogP contribution in [0.3, 0.4) is 0 Å². The molecule has 122 valence electrons. The van der Waals surface area contributed by atoms with E-state index < -0.39 is 0 Å². The van der Waals surface area contributed by atoms with Gasteiger partial charge in [-0.2, -0.15) is 0 Å². The van der Waals surface area contributed by atoms with Crippen molar-refractivity contribution in [1.29, 1.82) is 0 Å². The van der Waals surface area contributed by atoms with Gasteiger partial charge in [-0.1, -0.05) is 24.3 Å². The standard InChI is InChI=1S/C18H23N3O2/c1-14(2)20(3)13-16-7-5-4-6-15(16)12-19-17-8-10-18(11-9-17)21(22)23/h4-11,14,19H,12-13H2,1-3H3. The minimum Gasteiger partial charge on any atom is -0.381 e. The van der Waals surface area contributed by atoms with Crippen molar-refractivity contribution in [2.75, 3.05) is 12.4 Å². The van der Waals surface area contributed by atoms with Gasteiger partial charge in [0.1, 0.15) is 0 Å². The lowest BCUT2D eigenvalue weighted by Gasteiger charge is -2.22. The van der Waals surface area contributed by atoms with Gasteiger partial charge in [-0.25, -0.2) is 0 Å². The van der Waals surface area contributed by atoms with Crippen LogP contribution in [0.5, 0.6) is 0 Å². The number of hydrogen-bond donors (Lipinski definition) is 1. The molecular weight excluding hydrogens is 290 g/mol. The van der Waals surface area contributed by atoms with Crippen molar-refractivity contribution >= 4 is 11.4 Å². The Bertz CT molecular complexity index is 654. The highest BCUT2D eigenvalue weighted by Crippen LogP contribution is 2.18. The van der Waals surface area contributed by atoms with Crippen molar-refractivity contribution in [3.05, 3.63) is 69.8 Å². The summed E-state index contributed by atoms with van der Waals surface area (Å²) in [6.07, 6.45) is 0. The molecule has 5 nitrogen and oxygen atoms in total. The van der Waals surface area contributed by atoms with Gasteiger partial charge in [0.15, 0.2) is 0 Å². The molecule has 2 aromatic rings. The first-order valence-electron chi connectivity index (χ1n) is 7.72. The zero-order chi connectivity index (χ0) is 16.8. The molecule has 23 heavy (non-hydrogen) atoms. The van der Waals surface area contributed by atoms with E-state index in [1.54, 1.807) is 12.1 Å². The van der Waals surface area contributed by atoms with Gasteiger partial charge >= 0.3 is 0 Å². The van der Waals surface area contributed by atoms with Crippen molar-refractivity contribution in [1.82, 2.24) is 4.90 Å². The van der Waals surface area contributed by atoms with E-state index in [0.717, 1.165) is 12.2 Å². The summed E-state index contributed by atoms with van der Waals surface area (Å²) in [5.74, 6) is 0. The van der Waals surface area contributed by atoms with Gasteiger partial charge < -0.3 is 5.32 Å². The molecule has 0 bridgehead atoms. The topological polar surface area (TPSA) is 58.4 Å². The molecule has 0 aliphatic heterocycles. The first kappa shape index (κ1) is 17.0. The minimum atomic E-state index is -0.388. The maximum atomic E-state index is 10.7. The van der Waals surface area contributed by atoms with Gasteiger partial charge in [-0.15, -0.1) is 0 Å². The first-order chi connectivity index (χ1) is 11.0. The summed E-state index contributed by atoms with van der Waals surface area (Å²) in [7, 11) is 2.12. The molecule has 0 atom stereocenters. The smallest absolute Gasteiger partial charge is 0.269 e. The van der Waals surface area contributed by atoms with Gasteiger partial charge in [-0.05, 0) is 44.2 Å². The van der Waals surface area contributed by atoms with E-state index in [4.69, 9.17) is 0 Å². The van der Waals surface area contributed by atoms with Crippen LogP contribution in [0, 0.1) is 10.1 Å². The molecule has 2 rings (SSSR count). The van der Waals surface area contributed by atoms with Gasteiger partial charge in [0.05, 0.1) is 4.92 Å². The number of benzene rings is 2.